The molecule has 0 spiro atoms. The normalized spacial score (nSPS) is 11.8. The summed E-state index contributed by atoms with van der Waals surface area (Å²) >= 11 is 5.96. The smallest absolute Gasteiger partial charge is 0.416 e. The van der Waals surface area contributed by atoms with Gasteiger partial charge in [-0.15, -0.1) is 0 Å². The van der Waals surface area contributed by atoms with Crippen LogP contribution in [0.15, 0.2) is 48.5 Å². The Morgan fingerprint density at radius 3 is 2.23 bits per heavy atom. The Morgan fingerprint density at radius 2 is 1.68 bits per heavy atom. The molecule has 2 aromatic carbocycles. The molecule has 0 unspecified atom stereocenters. The monoisotopic (exact) mass is 326 g/mol. The number of halogens is 4. The fraction of sp³-hybridized carbons (Fsp3) is 0.0625. The number of carboxylic acid groups (broad SMARTS) is 1. The molecule has 0 radical (unpaired) electrons. The summed E-state index contributed by atoms with van der Waals surface area (Å²) in [4.78, 5) is 10.5. The van der Waals surface area contributed by atoms with Gasteiger partial charge in [0.1, 0.15) is 0 Å². The van der Waals surface area contributed by atoms with E-state index in [1.165, 1.54) is 18.2 Å². The molecule has 0 atom stereocenters. The zero-order valence-electron chi connectivity index (χ0n) is 11.1. The van der Waals surface area contributed by atoms with E-state index in [2.05, 4.69) is 0 Å². The number of aliphatic carboxylic acids is 1. The predicted molar refractivity (Wildman–Crippen MR) is 78.6 cm³/mol. The molecule has 0 aliphatic carbocycles. The van der Waals surface area contributed by atoms with E-state index in [1.807, 2.05) is 0 Å². The predicted octanol–water partition coefficient (Wildman–Crippen LogP) is 5.12. The molecule has 2 rings (SSSR count). The third-order valence-corrected chi connectivity index (χ3v) is 3.10. The van der Waals surface area contributed by atoms with E-state index in [0.717, 1.165) is 18.2 Å². The molecular formula is C16H10ClF3O2. The molecule has 0 fully saturated rings. The summed E-state index contributed by atoms with van der Waals surface area (Å²) in [6.45, 7) is 0. The molecule has 2 nitrogen and oxygen atoms in total. The van der Waals surface area contributed by atoms with Gasteiger partial charge in [0.2, 0.25) is 0 Å². The molecule has 6 heteroatoms. The lowest BCUT2D eigenvalue weighted by molar-refractivity contribution is -0.137. The molecule has 0 amide bonds. The topological polar surface area (TPSA) is 37.3 Å². The Balaban J connectivity index is 2.38. The van der Waals surface area contributed by atoms with Crippen LogP contribution in [0.4, 0.5) is 13.2 Å². The third kappa shape index (κ3) is 4.11. The molecule has 0 heterocycles. The fourth-order valence-electron chi connectivity index (χ4n) is 1.89. The van der Waals surface area contributed by atoms with Crippen molar-refractivity contribution in [2.75, 3.05) is 0 Å². The van der Waals surface area contributed by atoms with Crippen molar-refractivity contribution in [2.24, 2.45) is 0 Å². The van der Waals surface area contributed by atoms with Crippen LogP contribution in [0.1, 0.15) is 11.1 Å². The van der Waals surface area contributed by atoms with Gasteiger partial charge in [-0.25, -0.2) is 4.79 Å². The van der Waals surface area contributed by atoms with Crippen molar-refractivity contribution in [3.05, 3.63) is 64.7 Å². The van der Waals surface area contributed by atoms with Crippen molar-refractivity contribution in [3.63, 3.8) is 0 Å². The Kier molecular flexibility index (Phi) is 4.56. The summed E-state index contributed by atoms with van der Waals surface area (Å²) < 4.78 is 37.6. The van der Waals surface area contributed by atoms with E-state index in [1.54, 1.807) is 18.2 Å². The molecule has 2 aromatic rings. The van der Waals surface area contributed by atoms with Crippen molar-refractivity contribution in [3.8, 4) is 11.1 Å². The van der Waals surface area contributed by atoms with Gasteiger partial charge >= 0.3 is 12.1 Å². The van der Waals surface area contributed by atoms with Crippen LogP contribution in [0, 0.1) is 0 Å². The average Bonchev–Trinajstić information content (AvgIpc) is 2.44. The van der Waals surface area contributed by atoms with Gasteiger partial charge in [0.05, 0.1) is 5.56 Å². The van der Waals surface area contributed by atoms with Crippen LogP contribution in [0.3, 0.4) is 0 Å². The van der Waals surface area contributed by atoms with Crippen molar-refractivity contribution in [2.45, 2.75) is 6.18 Å². The van der Waals surface area contributed by atoms with Crippen LogP contribution in [0.5, 0.6) is 0 Å². The van der Waals surface area contributed by atoms with Crippen LogP contribution in [0.25, 0.3) is 17.2 Å². The number of carboxylic acids is 1. The van der Waals surface area contributed by atoms with E-state index in [0.29, 0.717) is 21.7 Å². The number of benzene rings is 2. The second kappa shape index (κ2) is 6.23. The highest BCUT2D eigenvalue weighted by atomic mass is 35.5. The highest BCUT2D eigenvalue weighted by Gasteiger charge is 2.29. The van der Waals surface area contributed by atoms with Crippen molar-refractivity contribution >= 4 is 23.6 Å². The van der Waals surface area contributed by atoms with Gasteiger partial charge in [-0.05, 0) is 53.1 Å². The summed E-state index contributed by atoms with van der Waals surface area (Å²) in [6, 6.07) is 9.48. The molecule has 1 N–H and O–H groups in total. The van der Waals surface area contributed by atoms with Crippen LogP contribution in [-0.2, 0) is 11.0 Å². The summed E-state index contributed by atoms with van der Waals surface area (Å²) in [6.07, 6.45) is -2.06. The number of rotatable bonds is 3. The maximum atomic E-state index is 12.5. The summed E-state index contributed by atoms with van der Waals surface area (Å²) in [5, 5.41) is 8.97. The van der Waals surface area contributed by atoms with Crippen molar-refractivity contribution in [1.82, 2.24) is 0 Å². The minimum absolute atomic E-state index is 0.363. The molecule has 22 heavy (non-hydrogen) atoms. The van der Waals surface area contributed by atoms with E-state index < -0.39 is 17.7 Å². The van der Waals surface area contributed by atoms with Gasteiger partial charge in [-0.2, -0.15) is 13.2 Å². The SMILES string of the molecule is O=C(O)/C=C/c1cc(Cl)cc(-c2ccc(C(F)(F)F)cc2)c1. The first kappa shape index (κ1) is 16.1. The summed E-state index contributed by atoms with van der Waals surface area (Å²) in [7, 11) is 0. The second-order valence-electron chi connectivity index (χ2n) is 4.52. The van der Waals surface area contributed by atoms with Crippen LogP contribution < -0.4 is 0 Å². The molecule has 0 saturated heterocycles. The average molecular weight is 327 g/mol. The molecule has 0 bridgehead atoms. The lowest BCUT2D eigenvalue weighted by Gasteiger charge is -2.09. The molecule has 0 saturated carbocycles. The van der Waals surface area contributed by atoms with E-state index in [4.69, 9.17) is 16.7 Å². The van der Waals surface area contributed by atoms with E-state index in [-0.39, 0.29) is 0 Å². The van der Waals surface area contributed by atoms with Gasteiger partial charge in [-0.3, -0.25) is 0 Å². The van der Waals surface area contributed by atoms with E-state index >= 15 is 0 Å². The van der Waals surface area contributed by atoms with Crippen LogP contribution >= 0.6 is 11.6 Å². The number of hydrogen-bond acceptors (Lipinski definition) is 1. The lowest BCUT2D eigenvalue weighted by Crippen LogP contribution is -2.03. The molecule has 0 aromatic heterocycles. The Hall–Kier alpha value is -2.27. The first-order valence-corrected chi connectivity index (χ1v) is 6.53. The Bertz CT molecular complexity index is 719. The highest BCUT2D eigenvalue weighted by molar-refractivity contribution is 6.31. The maximum absolute atomic E-state index is 12.5. The molecule has 0 aliphatic heterocycles. The minimum Gasteiger partial charge on any atom is -0.478 e. The molecule has 114 valence electrons. The van der Waals surface area contributed by atoms with Crippen molar-refractivity contribution < 1.29 is 23.1 Å². The highest BCUT2D eigenvalue weighted by Crippen LogP contribution is 2.32. The van der Waals surface area contributed by atoms with Gasteiger partial charge in [0.15, 0.2) is 0 Å². The van der Waals surface area contributed by atoms with E-state index in [9.17, 15) is 18.0 Å². The lowest BCUT2D eigenvalue weighted by atomic mass is 10.0. The summed E-state index contributed by atoms with van der Waals surface area (Å²) in [5.41, 5.74) is 0.973. The number of hydrogen-bond donors (Lipinski definition) is 1. The zero-order chi connectivity index (χ0) is 16.3. The zero-order valence-corrected chi connectivity index (χ0v) is 11.8. The van der Waals surface area contributed by atoms with Gasteiger partial charge in [0.25, 0.3) is 0 Å². The standard InChI is InChI=1S/C16H10ClF3O2/c17-14-8-10(1-6-15(21)22)7-12(9-14)11-2-4-13(5-3-11)16(18,19)20/h1-9H,(H,21,22)/b6-1+. The number of alkyl halides is 3. The van der Waals surface area contributed by atoms with Gasteiger partial charge in [-0.1, -0.05) is 23.7 Å². The fourth-order valence-corrected chi connectivity index (χ4v) is 2.14. The van der Waals surface area contributed by atoms with Gasteiger partial charge < -0.3 is 5.11 Å². The van der Waals surface area contributed by atoms with Gasteiger partial charge in [0, 0.05) is 11.1 Å². The van der Waals surface area contributed by atoms with Crippen LogP contribution in [-0.4, -0.2) is 11.1 Å². The Labute approximate surface area is 129 Å². The first-order chi connectivity index (χ1) is 10.3. The second-order valence-corrected chi connectivity index (χ2v) is 4.96. The quantitative estimate of drug-likeness (QED) is 0.794. The molecular weight excluding hydrogens is 317 g/mol. The van der Waals surface area contributed by atoms with Crippen LogP contribution in [0.2, 0.25) is 5.02 Å². The largest absolute Gasteiger partial charge is 0.478 e. The summed E-state index contributed by atoms with van der Waals surface area (Å²) in [5.74, 6) is -1.10. The maximum Gasteiger partial charge on any atom is 0.416 e. The molecule has 0 aliphatic rings. The minimum atomic E-state index is -4.39. The first-order valence-electron chi connectivity index (χ1n) is 6.15. The number of carbonyl (C=O) groups is 1. The van der Waals surface area contributed by atoms with Crippen molar-refractivity contribution in [1.29, 1.82) is 0 Å². The third-order valence-electron chi connectivity index (χ3n) is 2.88. The Morgan fingerprint density at radius 1 is 1.05 bits per heavy atom.